The fourth-order valence-corrected chi connectivity index (χ4v) is 3.16. The van der Waals surface area contributed by atoms with Crippen molar-refractivity contribution in [3.8, 4) is 0 Å². The van der Waals surface area contributed by atoms with Crippen LogP contribution in [0.1, 0.15) is 42.5 Å². The van der Waals surface area contributed by atoms with Crippen LogP contribution in [0.3, 0.4) is 0 Å². The molecule has 1 heterocycles. The van der Waals surface area contributed by atoms with E-state index in [1.807, 2.05) is 6.07 Å². The molecule has 0 amide bonds. The van der Waals surface area contributed by atoms with Crippen molar-refractivity contribution in [2.24, 2.45) is 0 Å². The topological polar surface area (TPSA) is 33.1 Å². The Kier molecular flexibility index (Phi) is 3.30. The molecule has 0 radical (unpaired) electrons. The summed E-state index contributed by atoms with van der Waals surface area (Å²) in [6, 6.07) is 10.2. The van der Waals surface area contributed by atoms with Gasteiger partial charge < -0.3 is 5.11 Å². The Morgan fingerprint density at radius 2 is 2.15 bits per heavy atom. The monoisotopic (exact) mass is 271 g/mol. The van der Waals surface area contributed by atoms with E-state index in [0.717, 1.165) is 25.0 Å². The van der Waals surface area contributed by atoms with E-state index < -0.39 is 5.60 Å². The van der Waals surface area contributed by atoms with Gasteiger partial charge in [-0.25, -0.2) is 4.39 Å². The zero-order valence-electron chi connectivity index (χ0n) is 11.5. The SMILES string of the molecule is CC(O)(c1cccc(F)c1)C1CCCc2cccnc21. The quantitative estimate of drug-likeness (QED) is 0.906. The second kappa shape index (κ2) is 4.98. The summed E-state index contributed by atoms with van der Waals surface area (Å²) in [6.07, 6.45) is 4.65. The van der Waals surface area contributed by atoms with Gasteiger partial charge in [0.05, 0.1) is 5.60 Å². The van der Waals surface area contributed by atoms with Crippen LogP contribution in [0.4, 0.5) is 4.39 Å². The molecule has 104 valence electrons. The molecular formula is C17H18FNO. The van der Waals surface area contributed by atoms with Crippen molar-refractivity contribution in [1.82, 2.24) is 4.98 Å². The molecule has 3 rings (SSSR count). The third-order valence-electron chi connectivity index (χ3n) is 4.28. The van der Waals surface area contributed by atoms with Crippen molar-refractivity contribution in [2.45, 2.75) is 37.7 Å². The number of benzene rings is 1. The molecular weight excluding hydrogens is 253 g/mol. The lowest BCUT2D eigenvalue weighted by atomic mass is 9.73. The van der Waals surface area contributed by atoms with Crippen LogP contribution in [0.15, 0.2) is 42.6 Å². The fourth-order valence-electron chi connectivity index (χ4n) is 3.16. The molecule has 0 fully saturated rings. The van der Waals surface area contributed by atoms with Crippen molar-refractivity contribution in [2.75, 3.05) is 0 Å². The highest BCUT2D eigenvalue weighted by atomic mass is 19.1. The Bertz CT molecular complexity index is 624. The van der Waals surface area contributed by atoms with Crippen LogP contribution in [0.5, 0.6) is 0 Å². The number of hydrogen-bond donors (Lipinski definition) is 1. The minimum absolute atomic E-state index is 0.0887. The van der Waals surface area contributed by atoms with Gasteiger partial charge in [0.15, 0.2) is 0 Å². The molecule has 0 saturated heterocycles. The van der Waals surface area contributed by atoms with Crippen LogP contribution in [0.25, 0.3) is 0 Å². The molecule has 2 atom stereocenters. The van der Waals surface area contributed by atoms with Crippen LogP contribution in [0.2, 0.25) is 0 Å². The van der Waals surface area contributed by atoms with Crippen LogP contribution >= 0.6 is 0 Å². The van der Waals surface area contributed by atoms with Crippen molar-refractivity contribution in [3.05, 3.63) is 65.2 Å². The predicted molar refractivity (Wildman–Crippen MR) is 75.9 cm³/mol. The number of aromatic nitrogens is 1. The molecule has 1 aliphatic carbocycles. The Hall–Kier alpha value is -1.74. The molecule has 2 unspecified atom stereocenters. The van der Waals surface area contributed by atoms with Gasteiger partial charge in [0.2, 0.25) is 0 Å². The Morgan fingerprint density at radius 1 is 1.30 bits per heavy atom. The lowest BCUT2D eigenvalue weighted by Crippen LogP contribution is -2.33. The molecule has 1 aromatic carbocycles. The molecule has 20 heavy (non-hydrogen) atoms. The van der Waals surface area contributed by atoms with Crippen molar-refractivity contribution >= 4 is 0 Å². The second-order valence-corrected chi connectivity index (χ2v) is 5.65. The minimum atomic E-state index is -1.11. The largest absolute Gasteiger partial charge is 0.385 e. The van der Waals surface area contributed by atoms with Gasteiger partial charge in [0, 0.05) is 17.8 Å². The first kappa shape index (κ1) is 13.3. The normalized spacial score (nSPS) is 21.1. The summed E-state index contributed by atoms with van der Waals surface area (Å²) in [5.74, 6) is -0.408. The van der Waals surface area contributed by atoms with Gasteiger partial charge in [-0.1, -0.05) is 18.2 Å². The van der Waals surface area contributed by atoms with E-state index in [4.69, 9.17) is 0 Å². The number of aliphatic hydroxyl groups is 1. The van der Waals surface area contributed by atoms with Gasteiger partial charge >= 0.3 is 0 Å². The van der Waals surface area contributed by atoms with Crippen LogP contribution < -0.4 is 0 Å². The zero-order chi connectivity index (χ0) is 14.2. The van der Waals surface area contributed by atoms with Gasteiger partial charge in [-0.05, 0) is 55.5 Å². The first-order valence-corrected chi connectivity index (χ1v) is 7.01. The van der Waals surface area contributed by atoms with Gasteiger partial charge in [-0.2, -0.15) is 0 Å². The standard InChI is InChI=1S/C17H18FNO/c1-17(20,13-7-3-8-14(18)11-13)15-9-2-5-12-6-4-10-19-16(12)15/h3-4,6-8,10-11,15,20H,2,5,9H2,1H3. The van der Waals surface area contributed by atoms with E-state index in [9.17, 15) is 9.50 Å². The molecule has 1 N–H and O–H groups in total. The summed E-state index contributed by atoms with van der Waals surface area (Å²) < 4.78 is 13.4. The first-order valence-electron chi connectivity index (χ1n) is 7.01. The summed E-state index contributed by atoms with van der Waals surface area (Å²) in [7, 11) is 0. The number of fused-ring (bicyclic) bond motifs is 1. The summed E-state index contributed by atoms with van der Waals surface area (Å²) in [5.41, 5.74) is 1.65. The van der Waals surface area contributed by atoms with Crippen molar-refractivity contribution in [3.63, 3.8) is 0 Å². The first-order chi connectivity index (χ1) is 9.59. The number of hydrogen-bond acceptors (Lipinski definition) is 2. The summed E-state index contributed by atoms with van der Waals surface area (Å²) >= 11 is 0. The lowest BCUT2D eigenvalue weighted by Gasteiger charge is -2.36. The molecule has 0 aliphatic heterocycles. The molecule has 2 aromatic rings. The molecule has 1 aliphatic rings. The number of nitrogens with zero attached hydrogens (tertiary/aromatic N) is 1. The third-order valence-corrected chi connectivity index (χ3v) is 4.28. The van der Waals surface area contributed by atoms with Crippen molar-refractivity contribution < 1.29 is 9.50 Å². The second-order valence-electron chi connectivity index (χ2n) is 5.65. The van der Waals surface area contributed by atoms with Gasteiger partial charge in [-0.3, -0.25) is 4.98 Å². The Labute approximate surface area is 118 Å². The number of pyridine rings is 1. The van der Waals surface area contributed by atoms with E-state index in [-0.39, 0.29) is 11.7 Å². The highest BCUT2D eigenvalue weighted by Crippen LogP contribution is 2.43. The van der Waals surface area contributed by atoms with E-state index in [2.05, 4.69) is 11.1 Å². The smallest absolute Gasteiger partial charge is 0.123 e. The van der Waals surface area contributed by atoms with E-state index in [1.165, 1.54) is 17.7 Å². The zero-order valence-corrected chi connectivity index (χ0v) is 11.5. The molecule has 2 nitrogen and oxygen atoms in total. The molecule has 3 heteroatoms. The Balaban J connectivity index is 2.04. The average molecular weight is 271 g/mol. The third kappa shape index (κ3) is 2.22. The minimum Gasteiger partial charge on any atom is -0.385 e. The number of rotatable bonds is 2. The fraction of sp³-hybridized carbons (Fsp3) is 0.353. The highest BCUT2D eigenvalue weighted by molar-refractivity contribution is 5.33. The van der Waals surface area contributed by atoms with E-state index in [0.29, 0.717) is 5.56 Å². The molecule has 0 spiro atoms. The van der Waals surface area contributed by atoms with E-state index >= 15 is 0 Å². The lowest BCUT2D eigenvalue weighted by molar-refractivity contribution is 0.0186. The van der Waals surface area contributed by atoms with Gasteiger partial charge in [0.25, 0.3) is 0 Å². The maximum absolute atomic E-state index is 13.4. The molecule has 1 aromatic heterocycles. The van der Waals surface area contributed by atoms with Crippen LogP contribution in [-0.4, -0.2) is 10.1 Å². The number of halogens is 1. The maximum atomic E-state index is 13.4. The van der Waals surface area contributed by atoms with Crippen molar-refractivity contribution in [1.29, 1.82) is 0 Å². The molecule has 0 bridgehead atoms. The predicted octanol–water partition coefficient (Wildman–Crippen LogP) is 3.55. The molecule has 0 saturated carbocycles. The summed E-state index contributed by atoms with van der Waals surface area (Å²) in [5, 5.41) is 11.0. The van der Waals surface area contributed by atoms with Crippen LogP contribution in [0, 0.1) is 5.82 Å². The Morgan fingerprint density at radius 3 is 2.95 bits per heavy atom. The maximum Gasteiger partial charge on any atom is 0.123 e. The summed E-state index contributed by atoms with van der Waals surface area (Å²) in [6.45, 7) is 1.76. The number of aryl methyl sites for hydroxylation is 1. The van der Waals surface area contributed by atoms with E-state index in [1.54, 1.807) is 25.3 Å². The summed E-state index contributed by atoms with van der Waals surface area (Å²) in [4.78, 5) is 4.46. The van der Waals surface area contributed by atoms with Gasteiger partial charge in [-0.15, -0.1) is 0 Å². The van der Waals surface area contributed by atoms with Gasteiger partial charge in [0.1, 0.15) is 5.82 Å². The average Bonchev–Trinajstić information content (AvgIpc) is 2.46. The van der Waals surface area contributed by atoms with Crippen LogP contribution in [-0.2, 0) is 12.0 Å². The highest BCUT2D eigenvalue weighted by Gasteiger charge is 2.38.